The zero-order valence-electron chi connectivity index (χ0n) is 13.4. The number of carbonyl (C=O) groups is 1. The number of phenolic OH excluding ortho intramolecular Hbond substituents is 2. The smallest absolute Gasteiger partial charge is 0.340 e. The highest BCUT2D eigenvalue weighted by molar-refractivity contribution is 6.33. The van der Waals surface area contributed by atoms with Crippen LogP contribution in [0.3, 0.4) is 0 Å². The topological polar surface area (TPSA) is 76.0 Å². The van der Waals surface area contributed by atoms with Crippen molar-refractivity contribution in [3.05, 3.63) is 80.8 Å². The van der Waals surface area contributed by atoms with Crippen LogP contribution in [-0.4, -0.2) is 16.2 Å². The summed E-state index contributed by atoms with van der Waals surface area (Å²) < 4.78 is 11.7. The van der Waals surface area contributed by atoms with Crippen molar-refractivity contribution in [2.45, 2.75) is 5.60 Å². The minimum Gasteiger partial charge on any atom is -0.508 e. The normalized spacial score (nSPS) is 19.1. The largest absolute Gasteiger partial charge is 0.508 e. The van der Waals surface area contributed by atoms with Crippen LogP contribution in [0.1, 0.15) is 27.0 Å². The number of aromatic hydroxyl groups is 2. The van der Waals surface area contributed by atoms with Crippen molar-refractivity contribution < 1.29 is 24.5 Å². The molecule has 2 aliphatic rings. The molecule has 133 valence electrons. The van der Waals surface area contributed by atoms with Crippen molar-refractivity contribution in [3.8, 4) is 23.0 Å². The zero-order chi connectivity index (χ0) is 18.9. The molecule has 0 aliphatic carbocycles. The number of hydrogen-bond donors (Lipinski definition) is 2. The van der Waals surface area contributed by atoms with Crippen LogP contribution < -0.4 is 4.74 Å². The second-order valence-corrected chi connectivity index (χ2v) is 7.02. The second-order valence-electron chi connectivity index (χ2n) is 6.23. The third kappa shape index (κ3) is 2.04. The summed E-state index contributed by atoms with van der Waals surface area (Å²) in [7, 11) is 0. The molecule has 1 spiro atoms. The average molecular weight is 400 g/mol. The van der Waals surface area contributed by atoms with E-state index in [1.165, 1.54) is 24.3 Å². The van der Waals surface area contributed by atoms with E-state index in [2.05, 4.69) is 6.07 Å². The SMILES string of the molecule is O=C1OC2(c3ccc(O)cc3Oc3cc(O)c(Cl)cc32)c2c(Cl)[c]ccc21. The van der Waals surface area contributed by atoms with Crippen LogP contribution in [0.4, 0.5) is 0 Å². The van der Waals surface area contributed by atoms with E-state index >= 15 is 0 Å². The number of phenols is 2. The van der Waals surface area contributed by atoms with E-state index in [1.807, 2.05) is 0 Å². The minimum atomic E-state index is -1.44. The molecule has 1 unspecified atom stereocenters. The molecule has 1 radical (unpaired) electrons. The van der Waals surface area contributed by atoms with Gasteiger partial charge in [0.15, 0.2) is 5.60 Å². The first-order valence-electron chi connectivity index (χ1n) is 7.90. The van der Waals surface area contributed by atoms with Crippen molar-refractivity contribution in [1.29, 1.82) is 0 Å². The maximum Gasteiger partial charge on any atom is 0.340 e. The van der Waals surface area contributed by atoms with Crippen LogP contribution in [0, 0.1) is 6.07 Å². The lowest BCUT2D eigenvalue weighted by atomic mass is 9.77. The Kier molecular flexibility index (Phi) is 3.21. The Morgan fingerprint density at radius 3 is 2.59 bits per heavy atom. The lowest BCUT2D eigenvalue weighted by Gasteiger charge is -2.37. The van der Waals surface area contributed by atoms with Crippen LogP contribution in [0.25, 0.3) is 0 Å². The summed E-state index contributed by atoms with van der Waals surface area (Å²) in [6.07, 6.45) is 0. The van der Waals surface area contributed by atoms with Gasteiger partial charge in [-0.05, 0) is 24.3 Å². The lowest BCUT2D eigenvalue weighted by molar-refractivity contribution is 0.0224. The van der Waals surface area contributed by atoms with Crippen LogP contribution in [-0.2, 0) is 10.3 Å². The molecular formula is C20H9Cl2O5. The molecule has 0 fully saturated rings. The molecule has 5 nitrogen and oxygen atoms in total. The summed E-state index contributed by atoms with van der Waals surface area (Å²) >= 11 is 12.6. The number of halogens is 2. The van der Waals surface area contributed by atoms with E-state index < -0.39 is 11.6 Å². The van der Waals surface area contributed by atoms with E-state index in [4.69, 9.17) is 32.7 Å². The first-order valence-corrected chi connectivity index (χ1v) is 8.66. The van der Waals surface area contributed by atoms with Gasteiger partial charge in [0.25, 0.3) is 0 Å². The van der Waals surface area contributed by atoms with Gasteiger partial charge in [-0.2, -0.15) is 0 Å². The van der Waals surface area contributed by atoms with Gasteiger partial charge in [-0.15, -0.1) is 0 Å². The van der Waals surface area contributed by atoms with Crippen molar-refractivity contribution in [2.75, 3.05) is 0 Å². The molecule has 1 atom stereocenters. The molecule has 27 heavy (non-hydrogen) atoms. The van der Waals surface area contributed by atoms with Gasteiger partial charge in [-0.3, -0.25) is 0 Å². The van der Waals surface area contributed by atoms with Crippen molar-refractivity contribution in [2.24, 2.45) is 0 Å². The predicted octanol–water partition coefficient (Wildman–Crippen LogP) is 4.77. The fraction of sp³-hybridized carbons (Fsp3) is 0.0500. The number of fused-ring (bicyclic) bond motifs is 6. The van der Waals surface area contributed by atoms with E-state index in [0.29, 0.717) is 22.3 Å². The van der Waals surface area contributed by atoms with E-state index in [-0.39, 0.29) is 33.0 Å². The summed E-state index contributed by atoms with van der Waals surface area (Å²) in [6.45, 7) is 0. The van der Waals surface area contributed by atoms with Crippen LogP contribution in [0.15, 0.2) is 42.5 Å². The molecule has 2 heterocycles. The molecule has 3 aromatic rings. The molecule has 0 saturated carbocycles. The third-order valence-electron chi connectivity index (χ3n) is 4.76. The number of hydrogen-bond acceptors (Lipinski definition) is 5. The highest BCUT2D eigenvalue weighted by Gasteiger charge is 2.55. The van der Waals surface area contributed by atoms with Gasteiger partial charge in [0.05, 0.1) is 15.6 Å². The van der Waals surface area contributed by atoms with Crippen molar-refractivity contribution in [1.82, 2.24) is 0 Å². The fourth-order valence-corrected chi connectivity index (χ4v) is 4.12. The molecule has 5 rings (SSSR count). The number of benzene rings is 3. The number of ether oxygens (including phenoxy) is 2. The molecule has 7 heteroatoms. The van der Waals surface area contributed by atoms with Crippen LogP contribution in [0.5, 0.6) is 23.0 Å². The van der Waals surface area contributed by atoms with Gasteiger partial charge in [-0.1, -0.05) is 29.3 Å². The monoisotopic (exact) mass is 399 g/mol. The quantitative estimate of drug-likeness (QED) is 0.532. The summed E-state index contributed by atoms with van der Waals surface area (Å²) in [5.41, 5.74) is 0.167. The summed E-state index contributed by atoms with van der Waals surface area (Å²) in [4.78, 5) is 12.7. The van der Waals surface area contributed by atoms with Gasteiger partial charge in [-0.25, -0.2) is 4.79 Å². The number of esters is 1. The maximum atomic E-state index is 12.7. The van der Waals surface area contributed by atoms with E-state index in [9.17, 15) is 15.0 Å². The van der Waals surface area contributed by atoms with E-state index in [1.54, 1.807) is 18.2 Å². The van der Waals surface area contributed by atoms with Crippen LogP contribution >= 0.6 is 23.2 Å². The van der Waals surface area contributed by atoms with E-state index in [0.717, 1.165) is 0 Å². The lowest BCUT2D eigenvalue weighted by Crippen LogP contribution is -2.33. The molecule has 0 amide bonds. The Morgan fingerprint density at radius 2 is 1.78 bits per heavy atom. The first kappa shape index (κ1) is 16.3. The molecule has 0 saturated heterocycles. The zero-order valence-corrected chi connectivity index (χ0v) is 14.9. The highest BCUT2D eigenvalue weighted by atomic mass is 35.5. The van der Waals surface area contributed by atoms with Gasteiger partial charge < -0.3 is 19.7 Å². The molecule has 2 N–H and O–H groups in total. The Balaban J connectivity index is 1.95. The van der Waals surface area contributed by atoms with Gasteiger partial charge >= 0.3 is 5.97 Å². The van der Waals surface area contributed by atoms with Gasteiger partial charge in [0, 0.05) is 34.9 Å². The first-order chi connectivity index (χ1) is 12.9. The summed E-state index contributed by atoms with van der Waals surface area (Å²) in [5.74, 6) is -0.275. The standard InChI is InChI=1S/C20H9Cl2O5/c21-13-3-1-2-10-18(13)20(27-19(10)25)11-5-4-9(23)6-16(11)26-17-8-15(24)14(22)7-12(17)20/h1-2,4-8,23-24H. The van der Waals surface area contributed by atoms with Crippen LogP contribution in [0.2, 0.25) is 10.0 Å². The summed E-state index contributed by atoms with van der Waals surface area (Å²) in [5, 5.41) is 20.2. The Bertz CT molecular complexity index is 1160. The molecule has 0 bridgehead atoms. The number of carbonyl (C=O) groups excluding carboxylic acids is 1. The number of rotatable bonds is 0. The maximum absolute atomic E-state index is 12.7. The highest BCUT2D eigenvalue weighted by Crippen LogP contribution is 2.58. The third-order valence-corrected chi connectivity index (χ3v) is 5.36. The van der Waals surface area contributed by atoms with Crippen molar-refractivity contribution in [3.63, 3.8) is 0 Å². The Hall–Kier alpha value is -2.89. The Labute approximate surface area is 163 Å². The summed E-state index contributed by atoms with van der Waals surface area (Å²) in [6, 6.07) is 13.3. The van der Waals surface area contributed by atoms with Gasteiger partial charge in [0.1, 0.15) is 23.0 Å². The van der Waals surface area contributed by atoms with Crippen molar-refractivity contribution >= 4 is 29.2 Å². The Morgan fingerprint density at radius 1 is 1.00 bits per heavy atom. The minimum absolute atomic E-state index is 0.0270. The molecule has 0 aromatic heterocycles. The fourth-order valence-electron chi connectivity index (χ4n) is 3.66. The molecule has 2 aliphatic heterocycles. The predicted molar refractivity (Wildman–Crippen MR) is 96.9 cm³/mol. The second kappa shape index (κ2) is 5.31. The molecular weight excluding hydrogens is 391 g/mol. The van der Waals surface area contributed by atoms with Gasteiger partial charge in [0.2, 0.25) is 0 Å². The average Bonchev–Trinajstić information content (AvgIpc) is 2.92. The molecule has 3 aromatic carbocycles.